The number of nitrogen functional groups attached to an aromatic ring is 1. The van der Waals surface area contributed by atoms with Crippen molar-refractivity contribution in [3.05, 3.63) is 40.1 Å². The maximum atomic E-state index is 15.2. The van der Waals surface area contributed by atoms with Crippen molar-refractivity contribution in [1.82, 2.24) is 25.7 Å². The molecule has 33 heavy (non-hydrogen) atoms. The van der Waals surface area contributed by atoms with E-state index in [1.165, 1.54) is 12.4 Å². The molecule has 1 fully saturated rings. The van der Waals surface area contributed by atoms with E-state index >= 15 is 4.39 Å². The minimum absolute atomic E-state index is 0.102. The Balaban J connectivity index is 1.80. The van der Waals surface area contributed by atoms with Gasteiger partial charge in [0.05, 0.1) is 23.6 Å². The van der Waals surface area contributed by atoms with Crippen LogP contribution in [0.5, 0.6) is 5.75 Å². The average Bonchev–Trinajstić information content (AvgIpc) is 3.39. The summed E-state index contributed by atoms with van der Waals surface area (Å²) in [7, 11) is 0. The molecular formula is C21H23ClFN7O3. The van der Waals surface area contributed by atoms with Gasteiger partial charge in [0, 0.05) is 22.9 Å². The Labute approximate surface area is 194 Å². The summed E-state index contributed by atoms with van der Waals surface area (Å²) in [6, 6.07) is 1.01. The number of benzene rings is 1. The minimum atomic E-state index is -0.690. The molecule has 4 N–H and O–H groups in total. The first-order valence-electron chi connectivity index (χ1n) is 10.4. The van der Waals surface area contributed by atoms with E-state index in [0.717, 1.165) is 0 Å². The molecule has 12 heteroatoms. The molecule has 3 aromatic rings. The molecule has 1 aliphatic heterocycles. The van der Waals surface area contributed by atoms with Gasteiger partial charge in [0.25, 0.3) is 0 Å². The van der Waals surface area contributed by atoms with Crippen LogP contribution in [0, 0.1) is 12.7 Å². The average molecular weight is 476 g/mol. The summed E-state index contributed by atoms with van der Waals surface area (Å²) in [5.41, 5.74) is 7.72. The van der Waals surface area contributed by atoms with Gasteiger partial charge < -0.3 is 25.6 Å². The molecule has 10 nitrogen and oxygen atoms in total. The molecular weight excluding hydrogens is 453 g/mol. The lowest BCUT2D eigenvalue weighted by molar-refractivity contribution is -0.120. The van der Waals surface area contributed by atoms with Crippen molar-refractivity contribution >= 4 is 29.1 Å². The van der Waals surface area contributed by atoms with Crippen LogP contribution in [-0.2, 0) is 4.79 Å². The Morgan fingerprint density at radius 3 is 2.88 bits per heavy atom. The van der Waals surface area contributed by atoms with Crippen molar-refractivity contribution in [1.29, 1.82) is 0 Å². The van der Waals surface area contributed by atoms with Crippen molar-refractivity contribution in [3.63, 3.8) is 0 Å². The van der Waals surface area contributed by atoms with Crippen LogP contribution in [0.1, 0.15) is 49.0 Å². The fraction of sp³-hybridized carbons (Fsp3) is 0.381. The molecule has 1 aliphatic rings. The summed E-state index contributed by atoms with van der Waals surface area (Å²) in [6.45, 7) is 6.07. The van der Waals surface area contributed by atoms with Crippen molar-refractivity contribution in [2.75, 3.05) is 24.2 Å². The molecule has 2 atom stereocenters. The zero-order chi connectivity index (χ0) is 23.7. The summed E-state index contributed by atoms with van der Waals surface area (Å²) in [4.78, 5) is 20.7. The molecule has 0 saturated carbocycles. The van der Waals surface area contributed by atoms with E-state index in [1.54, 1.807) is 13.8 Å². The lowest BCUT2D eigenvalue weighted by Gasteiger charge is -2.24. The number of hydrogen-bond acceptors (Lipinski definition) is 9. The number of nitrogens with zero attached hydrogens (tertiary/aromatic N) is 4. The highest BCUT2D eigenvalue weighted by Crippen LogP contribution is 2.43. The second kappa shape index (κ2) is 9.18. The number of halogens is 2. The number of rotatable bonds is 7. The van der Waals surface area contributed by atoms with Crippen molar-refractivity contribution < 1.29 is 18.4 Å². The number of carbonyl (C=O) groups excluding carboxylic acids is 1. The second-order valence-electron chi connectivity index (χ2n) is 7.61. The van der Waals surface area contributed by atoms with Crippen LogP contribution < -0.4 is 21.1 Å². The zero-order valence-corrected chi connectivity index (χ0v) is 19.0. The first-order chi connectivity index (χ1) is 15.8. The molecule has 0 aliphatic carbocycles. The summed E-state index contributed by atoms with van der Waals surface area (Å²) in [5, 5.41) is 13.3. The fourth-order valence-corrected chi connectivity index (χ4v) is 4.15. The topological polar surface area (TPSA) is 141 Å². The molecule has 1 amide bonds. The molecule has 0 radical (unpaired) electrons. The largest absolute Gasteiger partial charge is 0.493 e. The highest BCUT2D eigenvalue weighted by Gasteiger charge is 2.34. The smallest absolute Gasteiger partial charge is 0.227 e. The molecule has 0 bridgehead atoms. The van der Waals surface area contributed by atoms with Gasteiger partial charge in [-0.15, -0.1) is 5.10 Å². The lowest BCUT2D eigenvalue weighted by atomic mass is 9.92. The molecule has 174 valence electrons. The number of nitrogens with one attached hydrogen (secondary N) is 2. The van der Waals surface area contributed by atoms with Crippen molar-refractivity contribution in [2.45, 2.75) is 39.2 Å². The van der Waals surface area contributed by atoms with Gasteiger partial charge in [-0.25, -0.2) is 14.4 Å². The van der Waals surface area contributed by atoms with E-state index in [-0.39, 0.29) is 34.7 Å². The molecule has 1 unspecified atom stereocenters. The number of nitrogens with two attached hydrogens (primary N) is 1. The van der Waals surface area contributed by atoms with Gasteiger partial charge in [0.1, 0.15) is 40.8 Å². The van der Waals surface area contributed by atoms with Crippen LogP contribution in [0.25, 0.3) is 11.3 Å². The Bertz CT molecular complexity index is 1200. The number of carbonyl (C=O) groups is 1. The maximum absolute atomic E-state index is 15.2. The number of anilines is 2. The fourth-order valence-electron chi connectivity index (χ4n) is 3.93. The number of hydrogen-bond donors (Lipinski definition) is 3. The standard InChI is InChI=1S/C21H23ClFN7O3/c1-4-32-18-12(7-13(22)16(23)14(18)11-5-6-25-21(11)31)9(2)28-20-15(19(24)26-8-27-20)17-10(3)29-30-33-17/h7-9,11H,4-6H2,1-3H3,(H,25,31)(H3,24,26,27,28)/t9-,11?/m0/s1. The Kier molecular flexibility index (Phi) is 6.32. The highest BCUT2D eigenvalue weighted by atomic mass is 35.5. The van der Waals surface area contributed by atoms with E-state index in [2.05, 4.69) is 31.0 Å². The van der Waals surface area contributed by atoms with E-state index in [0.29, 0.717) is 41.4 Å². The molecule has 0 spiro atoms. The van der Waals surface area contributed by atoms with Crippen LogP contribution in [-0.4, -0.2) is 39.4 Å². The summed E-state index contributed by atoms with van der Waals surface area (Å²) < 4.78 is 26.3. The van der Waals surface area contributed by atoms with E-state index in [9.17, 15) is 4.79 Å². The third-order valence-corrected chi connectivity index (χ3v) is 5.77. The first-order valence-corrected chi connectivity index (χ1v) is 10.8. The summed E-state index contributed by atoms with van der Waals surface area (Å²) in [6.07, 6.45) is 1.75. The van der Waals surface area contributed by atoms with Crippen LogP contribution in [0.3, 0.4) is 0 Å². The SMILES string of the molecule is CCOc1c([C@H](C)Nc2ncnc(N)c2-c2onnc2C)cc(Cl)c(F)c1C1CCNC1=O. The van der Waals surface area contributed by atoms with Crippen LogP contribution >= 0.6 is 11.6 Å². The second-order valence-corrected chi connectivity index (χ2v) is 8.01. The van der Waals surface area contributed by atoms with Gasteiger partial charge >= 0.3 is 0 Å². The quantitative estimate of drug-likeness (QED) is 0.468. The normalized spacial score (nSPS) is 16.5. The summed E-state index contributed by atoms with van der Waals surface area (Å²) >= 11 is 6.26. The number of amides is 1. The zero-order valence-electron chi connectivity index (χ0n) is 18.3. The molecule has 1 aromatic carbocycles. The van der Waals surface area contributed by atoms with Gasteiger partial charge in [0.15, 0.2) is 5.76 Å². The molecule has 4 rings (SSSR count). The van der Waals surface area contributed by atoms with Crippen molar-refractivity contribution in [3.8, 4) is 17.1 Å². The van der Waals surface area contributed by atoms with Crippen LogP contribution in [0.4, 0.5) is 16.0 Å². The Morgan fingerprint density at radius 1 is 1.45 bits per heavy atom. The van der Waals surface area contributed by atoms with Crippen LogP contribution in [0.2, 0.25) is 5.02 Å². The number of aryl methyl sites for hydroxylation is 1. The highest BCUT2D eigenvalue weighted by molar-refractivity contribution is 6.31. The molecule has 2 aromatic heterocycles. The third-order valence-electron chi connectivity index (χ3n) is 5.50. The predicted octanol–water partition coefficient (Wildman–Crippen LogP) is 3.39. The van der Waals surface area contributed by atoms with Gasteiger partial charge in [-0.1, -0.05) is 11.6 Å². The Morgan fingerprint density at radius 2 is 2.24 bits per heavy atom. The van der Waals surface area contributed by atoms with Gasteiger partial charge in [0.2, 0.25) is 5.91 Å². The van der Waals surface area contributed by atoms with E-state index in [4.69, 9.17) is 26.6 Å². The minimum Gasteiger partial charge on any atom is -0.493 e. The predicted molar refractivity (Wildman–Crippen MR) is 119 cm³/mol. The monoisotopic (exact) mass is 475 g/mol. The number of aromatic nitrogens is 4. The van der Waals surface area contributed by atoms with Crippen LogP contribution in [0.15, 0.2) is 16.9 Å². The maximum Gasteiger partial charge on any atom is 0.227 e. The van der Waals surface area contributed by atoms with Gasteiger partial charge in [-0.2, -0.15) is 0 Å². The van der Waals surface area contributed by atoms with Crippen molar-refractivity contribution in [2.24, 2.45) is 0 Å². The van der Waals surface area contributed by atoms with E-state index < -0.39 is 17.8 Å². The molecule has 3 heterocycles. The van der Waals surface area contributed by atoms with E-state index in [1.807, 2.05) is 6.92 Å². The molecule has 1 saturated heterocycles. The summed E-state index contributed by atoms with van der Waals surface area (Å²) in [5.74, 6) is -0.469. The first kappa shape index (κ1) is 22.7. The van der Waals surface area contributed by atoms with Gasteiger partial charge in [-0.3, -0.25) is 4.79 Å². The Hall–Kier alpha value is -3.47. The third kappa shape index (κ3) is 4.15. The van der Waals surface area contributed by atoms with Gasteiger partial charge in [-0.05, 0) is 33.3 Å². The lowest BCUT2D eigenvalue weighted by Crippen LogP contribution is -2.20. The number of ether oxygens (including phenoxy) is 1.